The smallest absolute Gasteiger partial charge is 0.311 e. The molecular weight excluding hydrogens is 330 g/mol. The lowest BCUT2D eigenvalue weighted by Gasteiger charge is -2.06. The van der Waals surface area contributed by atoms with Crippen LogP contribution in [0.4, 0.5) is 5.13 Å². The molecule has 1 aromatic heterocycles. The number of rotatable bonds is 8. The highest BCUT2D eigenvalue weighted by atomic mass is 32.1. The van der Waals surface area contributed by atoms with Gasteiger partial charge in [-0.1, -0.05) is 0 Å². The van der Waals surface area contributed by atoms with E-state index in [0.717, 1.165) is 5.56 Å². The van der Waals surface area contributed by atoms with Crippen molar-refractivity contribution < 1.29 is 19.4 Å². The molecule has 0 aliphatic carbocycles. The molecule has 2 N–H and O–H groups in total. The van der Waals surface area contributed by atoms with Crippen molar-refractivity contribution in [1.29, 1.82) is 0 Å². The minimum Gasteiger partial charge on any atom is -0.496 e. The monoisotopic (exact) mass is 349 g/mol. The number of ether oxygens (including phenoxy) is 2. The third kappa shape index (κ3) is 5.04. The van der Waals surface area contributed by atoms with Crippen LogP contribution in [0.5, 0.6) is 5.75 Å². The summed E-state index contributed by atoms with van der Waals surface area (Å²) in [6.07, 6.45) is 1.76. The van der Waals surface area contributed by atoms with E-state index in [9.17, 15) is 9.90 Å². The molecule has 1 aromatic carbocycles. The van der Waals surface area contributed by atoms with Gasteiger partial charge in [0, 0.05) is 10.9 Å². The minimum atomic E-state index is -0.299. The normalized spacial score (nSPS) is 10.8. The van der Waals surface area contributed by atoms with Crippen molar-refractivity contribution in [2.24, 2.45) is 5.10 Å². The SMILES string of the molecule is CCOC(=O)Cc1csc(NN=Cc2ccc(OC)c(CO)c2)n1. The first-order valence-electron chi connectivity index (χ1n) is 7.33. The van der Waals surface area contributed by atoms with Crippen molar-refractivity contribution in [3.05, 3.63) is 40.4 Å². The van der Waals surface area contributed by atoms with Crippen LogP contribution in [-0.2, 0) is 22.6 Å². The van der Waals surface area contributed by atoms with E-state index in [1.807, 2.05) is 6.07 Å². The number of carbonyl (C=O) groups is 1. The number of aromatic nitrogens is 1. The third-order valence-electron chi connectivity index (χ3n) is 3.03. The predicted octanol–water partition coefficient (Wildman–Crippen LogP) is 2.20. The molecule has 0 saturated heterocycles. The predicted molar refractivity (Wildman–Crippen MR) is 92.6 cm³/mol. The zero-order valence-electron chi connectivity index (χ0n) is 13.5. The molecule has 1 heterocycles. The van der Waals surface area contributed by atoms with Crippen LogP contribution in [0.1, 0.15) is 23.7 Å². The van der Waals surface area contributed by atoms with Gasteiger partial charge in [0.1, 0.15) is 5.75 Å². The van der Waals surface area contributed by atoms with Crippen LogP contribution >= 0.6 is 11.3 Å². The number of methoxy groups -OCH3 is 1. The molecule has 0 aliphatic heterocycles. The van der Waals surface area contributed by atoms with E-state index in [4.69, 9.17) is 9.47 Å². The fraction of sp³-hybridized carbons (Fsp3) is 0.312. The summed E-state index contributed by atoms with van der Waals surface area (Å²) in [6, 6.07) is 5.39. The van der Waals surface area contributed by atoms with Gasteiger partial charge >= 0.3 is 5.97 Å². The van der Waals surface area contributed by atoms with Gasteiger partial charge < -0.3 is 14.6 Å². The maximum Gasteiger partial charge on any atom is 0.311 e. The summed E-state index contributed by atoms with van der Waals surface area (Å²) < 4.78 is 10.0. The van der Waals surface area contributed by atoms with Gasteiger partial charge in [0.2, 0.25) is 5.13 Å². The van der Waals surface area contributed by atoms with Crippen LogP contribution in [-0.4, -0.2) is 36.0 Å². The van der Waals surface area contributed by atoms with Crippen molar-refractivity contribution in [3.8, 4) is 5.75 Å². The van der Waals surface area contributed by atoms with Crippen LogP contribution in [0.3, 0.4) is 0 Å². The number of carbonyl (C=O) groups excluding carboxylic acids is 1. The van der Waals surface area contributed by atoms with Gasteiger partial charge in [-0.2, -0.15) is 5.10 Å². The Kier molecular flexibility index (Phi) is 6.71. The molecule has 0 fully saturated rings. The number of aliphatic hydroxyl groups excluding tert-OH is 1. The van der Waals surface area contributed by atoms with E-state index in [-0.39, 0.29) is 19.0 Å². The summed E-state index contributed by atoms with van der Waals surface area (Å²) in [5.74, 6) is 0.332. The summed E-state index contributed by atoms with van der Waals surface area (Å²) in [5, 5.41) is 15.8. The maximum atomic E-state index is 11.4. The van der Waals surface area contributed by atoms with Crippen molar-refractivity contribution in [1.82, 2.24) is 4.98 Å². The first-order chi connectivity index (χ1) is 11.7. The third-order valence-corrected chi connectivity index (χ3v) is 3.83. The van der Waals surface area contributed by atoms with E-state index >= 15 is 0 Å². The van der Waals surface area contributed by atoms with E-state index in [1.54, 1.807) is 37.8 Å². The first-order valence-corrected chi connectivity index (χ1v) is 8.21. The number of anilines is 1. The van der Waals surface area contributed by atoms with E-state index in [0.29, 0.717) is 28.7 Å². The molecule has 8 heteroatoms. The van der Waals surface area contributed by atoms with Gasteiger partial charge in [-0.15, -0.1) is 11.3 Å². The summed E-state index contributed by atoms with van der Waals surface area (Å²) in [5.41, 5.74) is 4.96. The summed E-state index contributed by atoms with van der Waals surface area (Å²) in [7, 11) is 1.56. The van der Waals surface area contributed by atoms with E-state index < -0.39 is 0 Å². The van der Waals surface area contributed by atoms with Crippen LogP contribution in [0.15, 0.2) is 28.7 Å². The maximum absolute atomic E-state index is 11.4. The van der Waals surface area contributed by atoms with Gasteiger partial charge in [0.25, 0.3) is 0 Å². The molecule has 0 spiro atoms. The van der Waals surface area contributed by atoms with Crippen molar-refractivity contribution >= 4 is 28.7 Å². The number of aliphatic hydroxyl groups is 1. The topological polar surface area (TPSA) is 93.0 Å². The van der Waals surface area contributed by atoms with Gasteiger partial charge in [0.05, 0.1) is 38.7 Å². The summed E-state index contributed by atoms with van der Waals surface area (Å²) >= 11 is 1.35. The molecule has 7 nitrogen and oxygen atoms in total. The Hall–Kier alpha value is -2.45. The molecule has 2 aromatic rings. The highest BCUT2D eigenvalue weighted by Crippen LogP contribution is 2.19. The second-order valence-corrected chi connectivity index (χ2v) is 5.58. The molecule has 2 rings (SSSR count). The molecular formula is C16H19N3O4S. The fourth-order valence-electron chi connectivity index (χ4n) is 1.96. The van der Waals surface area contributed by atoms with Crippen LogP contribution in [0, 0.1) is 0 Å². The standard InChI is InChI=1S/C16H19N3O4S/c1-3-23-15(21)7-13-10-24-16(18-13)19-17-8-11-4-5-14(22-2)12(6-11)9-20/h4-6,8,10,20H,3,7,9H2,1-2H3,(H,18,19). The Labute approximate surface area is 144 Å². The number of thiazole rings is 1. The lowest BCUT2D eigenvalue weighted by Crippen LogP contribution is -2.07. The number of benzene rings is 1. The Morgan fingerprint density at radius 1 is 1.50 bits per heavy atom. The van der Waals surface area contributed by atoms with Gasteiger partial charge in [0.15, 0.2) is 0 Å². The Balaban J connectivity index is 1.94. The largest absolute Gasteiger partial charge is 0.496 e. The van der Waals surface area contributed by atoms with Crippen molar-refractivity contribution in [2.75, 3.05) is 19.1 Å². The Morgan fingerprint density at radius 3 is 3.04 bits per heavy atom. The Bertz CT molecular complexity index is 715. The molecule has 128 valence electrons. The number of hydrogen-bond acceptors (Lipinski definition) is 8. The van der Waals surface area contributed by atoms with E-state index in [2.05, 4.69) is 15.5 Å². The Morgan fingerprint density at radius 2 is 2.33 bits per heavy atom. The van der Waals surface area contributed by atoms with Crippen molar-refractivity contribution in [3.63, 3.8) is 0 Å². The zero-order valence-corrected chi connectivity index (χ0v) is 14.3. The first kappa shape index (κ1) is 17.9. The van der Waals surface area contributed by atoms with Crippen LogP contribution in [0.25, 0.3) is 0 Å². The number of nitrogens with one attached hydrogen (secondary N) is 1. The van der Waals surface area contributed by atoms with Gasteiger partial charge in [-0.3, -0.25) is 10.2 Å². The number of hydrogen-bond donors (Lipinski definition) is 2. The minimum absolute atomic E-state index is 0.109. The molecule has 0 unspecified atom stereocenters. The lowest BCUT2D eigenvalue weighted by atomic mass is 10.1. The molecule has 0 aliphatic rings. The molecule has 0 saturated carbocycles. The fourth-order valence-corrected chi connectivity index (χ4v) is 2.62. The van der Waals surface area contributed by atoms with Crippen LogP contribution in [0.2, 0.25) is 0 Å². The molecule has 24 heavy (non-hydrogen) atoms. The molecule has 0 radical (unpaired) electrons. The van der Waals surface area contributed by atoms with Gasteiger partial charge in [-0.25, -0.2) is 4.98 Å². The average Bonchev–Trinajstić information content (AvgIpc) is 3.02. The molecule has 0 bridgehead atoms. The molecule has 0 amide bonds. The van der Waals surface area contributed by atoms with Gasteiger partial charge in [-0.05, 0) is 30.7 Å². The van der Waals surface area contributed by atoms with Crippen LogP contribution < -0.4 is 10.2 Å². The highest BCUT2D eigenvalue weighted by molar-refractivity contribution is 7.13. The average molecular weight is 349 g/mol. The van der Waals surface area contributed by atoms with E-state index in [1.165, 1.54) is 11.3 Å². The van der Waals surface area contributed by atoms with Crippen molar-refractivity contribution in [2.45, 2.75) is 20.0 Å². The summed E-state index contributed by atoms with van der Waals surface area (Å²) in [4.78, 5) is 15.7. The number of nitrogens with zero attached hydrogens (tertiary/aromatic N) is 2. The molecule has 0 atom stereocenters. The summed E-state index contributed by atoms with van der Waals surface area (Å²) in [6.45, 7) is 2.01. The second-order valence-electron chi connectivity index (χ2n) is 4.73. The second kappa shape index (κ2) is 8.99. The quantitative estimate of drug-likeness (QED) is 0.431. The number of hydrazone groups is 1. The zero-order chi connectivity index (χ0) is 17.4. The lowest BCUT2D eigenvalue weighted by molar-refractivity contribution is -0.142. The highest BCUT2D eigenvalue weighted by Gasteiger charge is 2.08. The number of esters is 1.